The Morgan fingerprint density at radius 2 is 1.96 bits per heavy atom. The molecule has 2 aromatic carbocycles. The monoisotopic (exact) mass is 476 g/mol. The molecule has 0 radical (unpaired) electrons. The van der Waals surface area contributed by atoms with Crippen LogP contribution in [-0.2, 0) is 15.3 Å². The number of thiazole rings is 1. The summed E-state index contributed by atoms with van der Waals surface area (Å²) in [6.07, 6.45) is -0.923. The fourth-order valence-corrected chi connectivity index (χ4v) is 4.15. The van der Waals surface area contributed by atoms with Gasteiger partial charge >= 0.3 is 5.97 Å². The predicted octanol–water partition coefficient (Wildman–Crippen LogP) is 5.38. The Balaban J connectivity index is 1.61. The van der Waals surface area contributed by atoms with Gasteiger partial charge in [0.25, 0.3) is 5.91 Å². The normalized spacial score (nSPS) is 11.6. The number of amides is 1. The van der Waals surface area contributed by atoms with Crippen molar-refractivity contribution in [2.75, 3.05) is 5.32 Å². The first-order chi connectivity index (χ1) is 13.5. The lowest BCUT2D eigenvalue weighted by Crippen LogP contribution is -2.30. The zero-order chi connectivity index (χ0) is 19.9. The molecular formula is C20H17BrN2O3S2. The topological polar surface area (TPSA) is 68.3 Å². The number of carbonyl (C=O) groups excluding carboxylic acids is 2. The number of benzene rings is 2. The minimum atomic E-state index is -0.923. The molecule has 1 aromatic heterocycles. The van der Waals surface area contributed by atoms with Gasteiger partial charge in [-0.3, -0.25) is 4.79 Å². The van der Waals surface area contributed by atoms with Crippen LogP contribution < -0.4 is 5.32 Å². The number of thioether (sulfide) groups is 1. The average Bonchev–Trinajstić information content (AvgIpc) is 3.22. The van der Waals surface area contributed by atoms with Gasteiger partial charge in [-0.25, -0.2) is 9.78 Å². The van der Waals surface area contributed by atoms with E-state index in [1.165, 1.54) is 23.1 Å². The second-order valence-corrected chi connectivity index (χ2v) is 8.46. The van der Waals surface area contributed by atoms with Gasteiger partial charge in [0.15, 0.2) is 6.10 Å². The number of halogens is 1. The third kappa shape index (κ3) is 5.67. The van der Waals surface area contributed by atoms with Gasteiger partial charge in [-0.15, -0.1) is 23.1 Å². The summed E-state index contributed by atoms with van der Waals surface area (Å²) in [6, 6.07) is 14.4. The first kappa shape index (κ1) is 20.6. The van der Waals surface area contributed by atoms with Crippen LogP contribution in [-0.4, -0.2) is 23.0 Å². The van der Waals surface area contributed by atoms with E-state index in [0.717, 1.165) is 15.1 Å². The summed E-state index contributed by atoms with van der Waals surface area (Å²) in [6.45, 7) is 1.55. The second kappa shape index (κ2) is 9.86. The van der Waals surface area contributed by atoms with E-state index < -0.39 is 12.1 Å². The Labute approximate surface area is 179 Å². The highest BCUT2D eigenvalue weighted by Gasteiger charge is 2.21. The molecule has 5 nitrogen and oxygen atoms in total. The Bertz CT molecular complexity index is 946. The van der Waals surface area contributed by atoms with Gasteiger partial charge in [0.05, 0.1) is 16.8 Å². The van der Waals surface area contributed by atoms with Crippen LogP contribution in [0.25, 0.3) is 0 Å². The zero-order valence-electron chi connectivity index (χ0n) is 14.9. The van der Waals surface area contributed by atoms with Gasteiger partial charge in [-0.1, -0.05) is 28.1 Å². The molecule has 0 saturated carbocycles. The number of nitrogens with one attached hydrogen (secondary N) is 1. The van der Waals surface area contributed by atoms with Crippen molar-refractivity contribution in [3.63, 3.8) is 0 Å². The summed E-state index contributed by atoms with van der Waals surface area (Å²) in [5.41, 5.74) is 3.81. The number of hydrogen-bond donors (Lipinski definition) is 1. The predicted molar refractivity (Wildman–Crippen MR) is 116 cm³/mol. The second-order valence-electron chi connectivity index (χ2n) is 5.81. The molecule has 8 heteroatoms. The Hall–Kier alpha value is -2.16. The largest absolute Gasteiger partial charge is 0.449 e. The van der Waals surface area contributed by atoms with Crippen LogP contribution in [0, 0.1) is 0 Å². The molecule has 1 amide bonds. The van der Waals surface area contributed by atoms with Crippen LogP contribution in [0.5, 0.6) is 0 Å². The lowest BCUT2D eigenvalue weighted by molar-refractivity contribution is -0.123. The third-order valence-corrected chi connectivity index (χ3v) is 6.00. The molecule has 1 atom stereocenters. The first-order valence-corrected chi connectivity index (χ1v) is 11.1. The number of hydrogen-bond acceptors (Lipinski definition) is 6. The number of esters is 1. The Kier molecular flexibility index (Phi) is 7.24. The molecule has 3 aromatic rings. The highest BCUT2D eigenvalue weighted by atomic mass is 79.9. The summed E-state index contributed by atoms with van der Waals surface area (Å²) >= 11 is 6.39. The maximum Gasteiger partial charge on any atom is 0.340 e. The molecule has 1 heterocycles. The summed E-state index contributed by atoms with van der Waals surface area (Å²) in [4.78, 5) is 30.0. The fourth-order valence-electron chi connectivity index (χ4n) is 2.28. The summed E-state index contributed by atoms with van der Waals surface area (Å²) in [5.74, 6) is -0.254. The number of nitrogens with zero attached hydrogens (tertiary/aromatic N) is 1. The maximum absolute atomic E-state index is 12.6. The molecule has 0 fully saturated rings. The van der Waals surface area contributed by atoms with Gasteiger partial charge < -0.3 is 10.1 Å². The molecule has 0 aliphatic carbocycles. The van der Waals surface area contributed by atoms with E-state index in [-0.39, 0.29) is 5.91 Å². The molecule has 0 saturated heterocycles. The van der Waals surface area contributed by atoms with Crippen molar-refractivity contribution >= 4 is 56.6 Å². The van der Waals surface area contributed by atoms with E-state index in [9.17, 15) is 9.59 Å². The lowest BCUT2D eigenvalue weighted by Gasteiger charge is -2.15. The summed E-state index contributed by atoms with van der Waals surface area (Å²) in [5, 5.41) is 4.71. The quantitative estimate of drug-likeness (QED) is 0.366. The van der Waals surface area contributed by atoms with Crippen LogP contribution in [0.4, 0.5) is 5.69 Å². The van der Waals surface area contributed by atoms with Crippen molar-refractivity contribution < 1.29 is 14.3 Å². The minimum Gasteiger partial charge on any atom is -0.449 e. The maximum atomic E-state index is 12.6. The van der Waals surface area contributed by atoms with Crippen LogP contribution in [0.3, 0.4) is 0 Å². The lowest BCUT2D eigenvalue weighted by atomic mass is 10.2. The molecule has 0 aliphatic rings. The minimum absolute atomic E-state index is 0.386. The van der Waals surface area contributed by atoms with E-state index >= 15 is 0 Å². The number of anilines is 1. The highest BCUT2D eigenvalue weighted by Crippen LogP contribution is 2.27. The van der Waals surface area contributed by atoms with Gasteiger partial charge in [-0.05, 0) is 43.3 Å². The van der Waals surface area contributed by atoms with Crippen molar-refractivity contribution in [1.82, 2.24) is 4.98 Å². The molecule has 28 heavy (non-hydrogen) atoms. The van der Waals surface area contributed by atoms with Crippen LogP contribution in [0.15, 0.2) is 68.8 Å². The number of aromatic nitrogens is 1. The van der Waals surface area contributed by atoms with Gasteiger partial charge in [0.2, 0.25) is 0 Å². The zero-order valence-corrected chi connectivity index (χ0v) is 18.1. The van der Waals surface area contributed by atoms with Crippen molar-refractivity contribution in [2.24, 2.45) is 0 Å². The van der Waals surface area contributed by atoms with Crippen LogP contribution in [0.1, 0.15) is 23.0 Å². The molecular weight excluding hydrogens is 460 g/mol. The Morgan fingerprint density at radius 1 is 1.21 bits per heavy atom. The number of ether oxygens (including phenoxy) is 1. The highest BCUT2D eigenvalue weighted by molar-refractivity contribution is 9.10. The summed E-state index contributed by atoms with van der Waals surface area (Å²) in [7, 11) is 0. The van der Waals surface area contributed by atoms with E-state index in [4.69, 9.17) is 4.74 Å². The molecule has 144 valence electrons. The van der Waals surface area contributed by atoms with Gasteiger partial charge in [-0.2, -0.15) is 0 Å². The molecule has 1 N–H and O–H groups in total. The number of carbonyl (C=O) groups is 2. The molecule has 0 spiro atoms. The molecule has 0 bridgehead atoms. The smallest absolute Gasteiger partial charge is 0.340 e. The van der Waals surface area contributed by atoms with Crippen LogP contribution >= 0.6 is 39.0 Å². The van der Waals surface area contributed by atoms with E-state index in [2.05, 4.69) is 26.2 Å². The van der Waals surface area contributed by atoms with Crippen molar-refractivity contribution in [1.29, 1.82) is 0 Å². The number of rotatable bonds is 7. The molecule has 3 rings (SSSR count). The van der Waals surface area contributed by atoms with Crippen molar-refractivity contribution in [3.05, 3.63) is 75.2 Å². The SMILES string of the molecule is CC(OC(=O)c1ccccc1SCc1cscn1)C(=O)Nc1ccc(Br)cc1. The molecule has 0 aliphatic heterocycles. The van der Waals surface area contributed by atoms with Crippen LogP contribution in [0.2, 0.25) is 0 Å². The van der Waals surface area contributed by atoms with Crippen molar-refractivity contribution in [3.8, 4) is 0 Å². The first-order valence-electron chi connectivity index (χ1n) is 8.39. The standard InChI is InChI=1S/C20H17BrN2O3S2/c1-13(19(24)23-15-8-6-14(21)7-9-15)26-20(25)17-4-2-3-5-18(17)28-11-16-10-27-12-22-16/h2-10,12-13H,11H2,1H3,(H,23,24). The third-order valence-electron chi connectivity index (χ3n) is 3.73. The van der Waals surface area contributed by atoms with Gasteiger partial charge in [0.1, 0.15) is 0 Å². The Morgan fingerprint density at radius 3 is 2.68 bits per heavy atom. The molecule has 1 unspecified atom stereocenters. The van der Waals surface area contributed by atoms with Gasteiger partial charge in [0, 0.05) is 26.2 Å². The van der Waals surface area contributed by atoms with Crippen molar-refractivity contribution in [2.45, 2.75) is 23.7 Å². The summed E-state index contributed by atoms with van der Waals surface area (Å²) < 4.78 is 6.30. The fraction of sp³-hybridized carbons (Fsp3) is 0.150. The van der Waals surface area contributed by atoms with E-state index in [0.29, 0.717) is 17.0 Å². The van der Waals surface area contributed by atoms with E-state index in [1.54, 1.807) is 36.7 Å². The average molecular weight is 477 g/mol. The van der Waals surface area contributed by atoms with E-state index in [1.807, 2.05) is 29.6 Å².